The van der Waals surface area contributed by atoms with Gasteiger partial charge in [0.1, 0.15) is 5.78 Å². The Morgan fingerprint density at radius 1 is 0.889 bits per heavy atom. The topological polar surface area (TPSA) is 34.1 Å². The van der Waals surface area contributed by atoms with Crippen LogP contribution in [0.3, 0.4) is 0 Å². The van der Waals surface area contributed by atoms with Crippen molar-refractivity contribution in [2.45, 2.75) is 38.0 Å². The van der Waals surface area contributed by atoms with Crippen LogP contribution >= 0.6 is 0 Å². The molecule has 1 saturated carbocycles. The highest BCUT2D eigenvalue weighted by Gasteiger charge is 2.32. The van der Waals surface area contributed by atoms with Crippen molar-refractivity contribution < 1.29 is 9.59 Å². The lowest BCUT2D eigenvalue weighted by Crippen LogP contribution is -2.27. The number of rotatable bonds is 5. The third-order valence-electron chi connectivity index (χ3n) is 5.79. The average Bonchev–Trinajstić information content (AvgIpc) is 2.73. The minimum atomic E-state index is -0.0365. The standard InChI is InChI=1S/C25H24O2/c26-24-13-7-6-12-22(24)23(19-9-2-1-3-10-19)17-25(27)21-15-14-18-8-4-5-11-20(18)16-21/h1-5,8-11,14-16,22-23H,6-7,12-13,17H2. The second-order valence-corrected chi connectivity index (χ2v) is 7.52. The summed E-state index contributed by atoms with van der Waals surface area (Å²) < 4.78 is 0. The van der Waals surface area contributed by atoms with E-state index in [1.807, 2.05) is 54.6 Å². The molecule has 2 atom stereocenters. The summed E-state index contributed by atoms with van der Waals surface area (Å²) >= 11 is 0. The fourth-order valence-corrected chi connectivity index (χ4v) is 4.31. The molecule has 0 N–H and O–H groups in total. The van der Waals surface area contributed by atoms with Crippen molar-refractivity contribution in [1.29, 1.82) is 0 Å². The Bertz CT molecular complexity index is 958. The number of benzene rings is 3. The van der Waals surface area contributed by atoms with E-state index in [1.165, 1.54) is 0 Å². The predicted octanol–water partition coefficient (Wildman–Crippen LogP) is 5.96. The molecule has 136 valence electrons. The van der Waals surface area contributed by atoms with Crippen molar-refractivity contribution in [2.75, 3.05) is 0 Å². The summed E-state index contributed by atoms with van der Waals surface area (Å²) in [7, 11) is 0. The molecule has 0 aliphatic heterocycles. The number of hydrogen-bond donors (Lipinski definition) is 0. The van der Waals surface area contributed by atoms with Gasteiger partial charge in [0, 0.05) is 30.2 Å². The van der Waals surface area contributed by atoms with Gasteiger partial charge in [-0.05, 0) is 35.2 Å². The first-order chi connectivity index (χ1) is 13.2. The Balaban J connectivity index is 1.63. The van der Waals surface area contributed by atoms with Gasteiger partial charge < -0.3 is 0 Å². The highest BCUT2D eigenvalue weighted by Crippen LogP contribution is 2.37. The summed E-state index contributed by atoms with van der Waals surface area (Å²) in [5, 5.41) is 2.21. The van der Waals surface area contributed by atoms with Gasteiger partial charge in [-0.1, -0.05) is 73.2 Å². The van der Waals surface area contributed by atoms with Crippen LogP contribution in [0.2, 0.25) is 0 Å². The van der Waals surface area contributed by atoms with Gasteiger partial charge in [-0.25, -0.2) is 0 Å². The molecule has 27 heavy (non-hydrogen) atoms. The number of Topliss-reactive ketones (excluding diaryl/α,β-unsaturated/α-hetero) is 2. The second kappa shape index (κ2) is 7.87. The van der Waals surface area contributed by atoms with E-state index < -0.39 is 0 Å². The van der Waals surface area contributed by atoms with Gasteiger partial charge in [0.05, 0.1) is 0 Å². The Hall–Kier alpha value is -2.74. The Kier molecular flexibility index (Phi) is 5.15. The molecular weight excluding hydrogens is 332 g/mol. The maximum absolute atomic E-state index is 13.1. The number of hydrogen-bond acceptors (Lipinski definition) is 2. The van der Waals surface area contributed by atoms with E-state index in [-0.39, 0.29) is 17.6 Å². The van der Waals surface area contributed by atoms with Gasteiger partial charge in [0.2, 0.25) is 0 Å². The monoisotopic (exact) mass is 356 g/mol. The third-order valence-corrected chi connectivity index (χ3v) is 5.79. The van der Waals surface area contributed by atoms with E-state index in [2.05, 4.69) is 18.2 Å². The molecule has 2 nitrogen and oxygen atoms in total. The fraction of sp³-hybridized carbons (Fsp3) is 0.280. The summed E-state index contributed by atoms with van der Waals surface area (Å²) in [6.45, 7) is 0. The summed E-state index contributed by atoms with van der Waals surface area (Å²) in [6, 6.07) is 24.1. The molecule has 2 unspecified atom stereocenters. The van der Waals surface area contributed by atoms with Crippen LogP contribution in [0.15, 0.2) is 72.8 Å². The van der Waals surface area contributed by atoms with E-state index in [1.54, 1.807) is 0 Å². The van der Waals surface area contributed by atoms with Gasteiger partial charge in [-0.3, -0.25) is 9.59 Å². The van der Waals surface area contributed by atoms with Gasteiger partial charge in [-0.2, -0.15) is 0 Å². The summed E-state index contributed by atoms with van der Waals surface area (Å²) in [5.74, 6) is 0.373. The van der Waals surface area contributed by atoms with Crippen molar-refractivity contribution in [1.82, 2.24) is 0 Å². The van der Waals surface area contributed by atoms with E-state index in [0.29, 0.717) is 18.6 Å². The first kappa shape index (κ1) is 17.7. The third kappa shape index (κ3) is 3.85. The van der Waals surface area contributed by atoms with Crippen molar-refractivity contribution in [3.63, 3.8) is 0 Å². The van der Waals surface area contributed by atoms with Crippen LogP contribution in [-0.4, -0.2) is 11.6 Å². The summed E-state index contributed by atoms with van der Waals surface area (Å²) in [4.78, 5) is 25.7. The molecule has 3 aromatic carbocycles. The zero-order valence-corrected chi connectivity index (χ0v) is 15.4. The van der Waals surface area contributed by atoms with Crippen LogP contribution in [0.4, 0.5) is 0 Å². The van der Waals surface area contributed by atoms with Crippen LogP contribution in [0.25, 0.3) is 10.8 Å². The fourth-order valence-electron chi connectivity index (χ4n) is 4.31. The van der Waals surface area contributed by atoms with Gasteiger partial charge in [0.25, 0.3) is 0 Å². The van der Waals surface area contributed by atoms with Crippen molar-refractivity contribution in [2.24, 2.45) is 5.92 Å². The lowest BCUT2D eigenvalue weighted by molar-refractivity contribution is -0.125. The molecule has 0 saturated heterocycles. The normalized spacial score (nSPS) is 18.4. The van der Waals surface area contributed by atoms with Crippen molar-refractivity contribution in [3.05, 3.63) is 83.9 Å². The molecule has 1 aliphatic carbocycles. The lowest BCUT2D eigenvalue weighted by Gasteiger charge is -2.29. The molecule has 0 bridgehead atoms. The predicted molar refractivity (Wildman–Crippen MR) is 109 cm³/mol. The highest BCUT2D eigenvalue weighted by atomic mass is 16.1. The lowest BCUT2D eigenvalue weighted by atomic mass is 9.73. The molecule has 1 aliphatic rings. The summed E-state index contributed by atoms with van der Waals surface area (Å²) in [5.41, 5.74) is 1.84. The van der Waals surface area contributed by atoms with Crippen LogP contribution in [0, 0.1) is 5.92 Å². The van der Waals surface area contributed by atoms with Gasteiger partial charge in [0.15, 0.2) is 5.78 Å². The van der Waals surface area contributed by atoms with Gasteiger partial charge >= 0.3 is 0 Å². The Morgan fingerprint density at radius 3 is 2.41 bits per heavy atom. The molecule has 0 amide bonds. The van der Waals surface area contributed by atoms with E-state index in [4.69, 9.17) is 0 Å². The van der Waals surface area contributed by atoms with Crippen LogP contribution in [0.1, 0.15) is 53.9 Å². The summed E-state index contributed by atoms with van der Waals surface area (Å²) in [6.07, 6.45) is 3.99. The molecule has 3 aromatic rings. The zero-order chi connectivity index (χ0) is 18.6. The SMILES string of the molecule is O=C(CC(c1ccccc1)C1CCCCC1=O)c1ccc2ccccc2c1. The van der Waals surface area contributed by atoms with E-state index in [9.17, 15) is 9.59 Å². The highest BCUT2D eigenvalue weighted by molar-refractivity contribution is 6.00. The Labute approximate surface area is 160 Å². The number of carbonyl (C=O) groups excluding carboxylic acids is 2. The maximum Gasteiger partial charge on any atom is 0.163 e. The van der Waals surface area contributed by atoms with Crippen LogP contribution < -0.4 is 0 Å². The first-order valence-corrected chi connectivity index (χ1v) is 9.82. The molecular formula is C25H24O2. The van der Waals surface area contributed by atoms with E-state index >= 15 is 0 Å². The minimum Gasteiger partial charge on any atom is -0.299 e. The average molecular weight is 356 g/mol. The molecule has 1 fully saturated rings. The molecule has 2 heteroatoms. The molecule has 0 spiro atoms. The Morgan fingerprint density at radius 2 is 1.63 bits per heavy atom. The molecule has 0 aromatic heterocycles. The molecule has 0 heterocycles. The minimum absolute atomic E-state index is 0.0297. The quantitative estimate of drug-likeness (QED) is 0.529. The van der Waals surface area contributed by atoms with Crippen molar-refractivity contribution >= 4 is 22.3 Å². The maximum atomic E-state index is 13.1. The number of carbonyl (C=O) groups is 2. The second-order valence-electron chi connectivity index (χ2n) is 7.52. The first-order valence-electron chi connectivity index (χ1n) is 9.82. The van der Waals surface area contributed by atoms with Crippen LogP contribution in [0.5, 0.6) is 0 Å². The largest absolute Gasteiger partial charge is 0.299 e. The van der Waals surface area contributed by atoms with E-state index in [0.717, 1.165) is 41.2 Å². The van der Waals surface area contributed by atoms with Gasteiger partial charge in [-0.15, -0.1) is 0 Å². The molecule has 0 radical (unpaired) electrons. The van der Waals surface area contributed by atoms with Crippen molar-refractivity contribution in [3.8, 4) is 0 Å². The zero-order valence-electron chi connectivity index (χ0n) is 15.4. The smallest absolute Gasteiger partial charge is 0.163 e. The van der Waals surface area contributed by atoms with Crippen LogP contribution in [-0.2, 0) is 4.79 Å². The number of ketones is 2. The number of fused-ring (bicyclic) bond motifs is 1. The molecule has 4 rings (SSSR count).